The Kier molecular flexibility index (Phi) is 9.97. The van der Waals surface area contributed by atoms with Crippen LogP contribution in [-0.4, -0.2) is 49.6 Å². The molecule has 6 heteroatoms. The number of carbonyl (C=O) groups excluding carboxylic acids is 1. The zero-order chi connectivity index (χ0) is 22.8. The summed E-state index contributed by atoms with van der Waals surface area (Å²) in [6, 6.07) is 12.2. The summed E-state index contributed by atoms with van der Waals surface area (Å²) in [5.74, 6) is -0.450. The topological polar surface area (TPSA) is 44.4 Å². The highest BCUT2D eigenvalue weighted by Crippen LogP contribution is 2.28. The van der Waals surface area contributed by atoms with Crippen molar-refractivity contribution in [1.29, 1.82) is 0 Å². The lowest BCUT2D eigenvalue weighted by atomic mass is 10.0. The Labute approximate surface area is 196 Å². The lowest BCUT2D eigenvalue weighted by molar-refractivity contribution is 0.0953. The van der Waals surface area contributed by atoms with E-state index in [0.29, 0.717) is 23.2 Å². The van der Waals surface area contributed by atoms with Crippen LogP contribution in [0.2, 0.25) is 5.02 Å². The van der Waals surface area contributed by atoms with E-state index in [2.05, 4.69) is 22.5 Å². The van der Waals surface area contributed by atoms with Gasteiger partial charge in [-0.3, -0.25) is 4.79 Å². The standard InChI is InChI=1S/C26H35ClFN3O/c1-2-23(31-17-4-3-5-18-31)13-16-29-14-6-15-30-26(32)21-9-7-20(8-10-21)24-12-11-22(28)19-25(24)27/h7-12,19,23,29H,2-6,13-18H2,1H3,(H,30,32). The molecule has 1 fully saturated rings. The second-order valence-electron chi connectivity index (χ2n) is 8.51. The van der Waals surface area contributed by atoms with Crippen molar-refractivity contribution in [3.05, 3.63) is 58.9 Å². The number of rotatable bonds is 11. The summed E-state index contributed by atoms with van der Waals surface area (Å²) in [7, 11) is 0. The molecule has 2 aromatic carbocycles. The summed E-state index contributed by atoms with van der Waals surface area (Å²) in [6.45, 7) is 7.36. The number of hydrogen-bond donors (Lipinski definition) is 2. The number of piperidine rings is 1. The molecular formula is C26H35ClFN3O. The van der Waals surface area contributed by atoms with Crippen molar-refractivity contribution >= 4 is 17.5 Å². The molecule has 1 unspecified atom stereocenters. The first-order valence-electron chi connectivity index (χ1n) is 11.9. The Morgan fingerprint density at radius 2 is 1.81 bits per heavy atom. The molecule has 3 rings (SSSR count). The van der Waals surface area contributed by atoms with Crippen molar-refractivity contribution in [3.8, 4) is 11.1 Å². The van der Waals surface area contributed by atoms with Gasteiger partial charge in [-0.2, -0.15) is 0 Å². The number of halogens is 2. The first-order chi connectivity index (χ1) is 15.6. The number of hydrogen-bond acceptors (Lipinski definition) is 3. The van der Waals surface area contributed by atoms with Gasteiger partial charge in [0, 0.05) is 23.7 Å². The molecule has 0 spiro atoms. The van der Waals surface area contributed by atoms with Gasteiger partial charge in [0.15, 0.2) is 0 Å². The number of nitrogens with one attached hydrogen (secondary N) is 2. The van der Waals surface area contributed by atoms with Crippen LogP contribution in [0.3, 0.4) is 0 Å². The summed E-state index contributed by atoms with van der Waals surface area (Å²) >= 11 is 6.12. The third-order valence-corrected chi connectivity index (χ3v) is 6.55. The molecule has 1 aliphatic rings. The first-order valence-corrected chi connectivity index (χ1v) is 12.2. The van der Waals surface area contributed by atoms with Crippen LogP contribution in [0.5, 0.6) is 0 Å². The summed E-state index contributed by atoms with van der Waals surface area (Å²) in [5, 5.41) is 6.85. The number of nitrogens with zero attached hydrogens (tertiary/aromatic N) is 1. The fourth-order valence-electron chi connectivity index (χ4n) is 4.36. The highest BCUT2D eigenvalue weighted by Gasteiger charge is 2.18. The molecule has 4 nitrogen and oxygen atoms in total. The predicted molar refractivity (Wildman–Crippen MR) is 131 cm³/mol. The largest absolute Gasteiger partial charge is 0.352 e. The maximum atomic E-state index is 13.2. The zero-order valence-electron chi connectivity index (χ0n) is 19.0. The van der Waals surface area contributed by atoms with E-state index in [1.54, 1.807) is 18.2 Å². The van der Waals surface area contributed by atoms with Crippen molar-refractivity contribution < 1.29 is 9.18 Å². The number of carbonyl (C=O) groups is 1. The van der Waals surface area contributed by atoms with E-state index < -0.39 is 0 Å². The third-order valence-electron chi connectivity index (χ3n) is 6.24. The molecule has 1 saturated heterocycles. The second-order valence-corrected chi connectivity index (χ2v) is 8.92. The molecule has 0 aromatic heterocycles. The molecule has 174 valence electrons. The molecule has 0 saturated carbocycles. The van der Waals surface area contributed by atoms with E-state index in [9.17, 15) is 9.18 Å². The van der Waals surface area contributed by atoms with Crippen molar-refractivity contribution in [2.45, 2.75) is 51.5 Å². The van der Waals surface area contributed by atoms with E-state index in [1.807, 2.05) is 12.1 Å². The highest BCUT2D eigenvalue weighted by molar-refractivity contribution is 6.33. The molecule has 0 bridgehead atoms. The fourth-order valence-corrected chi connectivity index (χ4v) is 4.64. The zero-order valence-corrected chi connectivity index (χ0v) is 19.8. The van der Waals surface area contributed by atoms with Crippen LogP contribution in [0.1, 0.15) is 55.8 Å². The SMILES string of the molecule is CCC(CCNCCCNC(=O)c1ccc(-c2ccc(F)cc2Cl)cc1)N1CCCCC1. The Balaban J connectivity index is 1.33. The quantitative estimate of drug-likeness (QED) is 0.435. The number of amides is 1. The average molecular weight is 460 g/mol. The summed E-state index contributed by atoms with van der Waals surface area (Å²) in [4.78, 5) is 15.0. The minimum absolute atomic E-state index is 0.0853. The normalized spacial score (nSPS) is 15.5. The van der Waals surface area contributed by atoms with Crippen LogP contribution in [-0.2, 0) is 0 Å². The van der Waals surface area contributed by atoms with Crippen LogP contribution < -0.4 is 10.6 Å². The molecule has 2 aromatic rings. The van der Waals surface area contributed by atoms with Crippen LogP contribution in [0.15, 0.2) is 42.5 Å². The number of likely N-dealkylation sites (tertiary alicyclic amines) is 1. The molecule has 1 heterocycles. The van der Waals surface area contributed by atoms with Crippen LogP contribution in [0.4, 0.5) is 4.39 Å². The Morgan fingerprint density at radius 3 is 2.50 bits per heavy atom. The van der Waals surface area contributed by atoms with Crippen molar-refractivity contribution in [3.63, 3.8) is 0 Å². The van der Waals surface area contributed by atoms with Gasteiger partial charge in [-0.1, -0.05) is 37.1 Å². The lowest BCUT2D eigenvalue weighted by Crippen LogP contribution is -2.40. The van der Waals surface area contributed by atoms with E-state index in [4.69, 9.17) is 11.6 Å². The Morgan fingerprint density at radius 1 is 1.06 bits per heavy atom. The van der Waals surface area contributed by atoms with Crippen LogP contribution >= 0.6 is 11.6 Å². The van der Waals surface area contributed by atoms with E-state index in [1.165, 1.54) is 57.3 Å². The monoisotopic (exact) mass is 459 g/mol. The summed E-state index contributed by atoms with van der Waals surface area (Å²) < 4.78 is 13.2. The fraction of sp³-hybridized carbons (Fsp3) is 0.500. The van der Waals surface area contributed by atoms with Gasteiger partial charge in [-0.25, -0.2) is 4.39 Å². The molecule has 32 heavy (non-hydrogen) atoms. The van der Waals surface area contributed by atoms with Crippen molar-refractivity contribution in [2.24, 2.45) is 0 Å². The van der Waals surface area contributed by atoms with Gasteiger partial charge in [0.05, 0.1) is 5.02 Å². The highest BCUT2D eigenvalue weighted by atomic mass is 35.5. The maximum Gasteiger partial charge on any atom is 0.251 e. The second kappa shape index (κ2) is 12.9. The van der Waals surface area contributed by atoms with Gasteiger partial charge in [0.2, 0.25) is 0 Å². The van der Waals surface area contributed by atoms with E-state index >= 15 is 0 Å². The minimum Gasteiger partial charge on any atom is -0.352 e. The Hall–Kier alpha value is -1.95. The van der Waals surface area contributed by atoms with Crippen LogP contribution in [0.25, 0.3) is 11.1 Å². The molecule has 0 radical (unpaired) electrons. The minimum atomic E-state index is -0.364. The van der Waals surface area contributed by atoms with Gasteiger partial charge in [-0.15, -0.1) is 0 Å². The molecular weight excluding hydrogens is 425 g/mol. The van der Waals surface area contributed by atoms with Gasteiger partial charge < -0.3 is 15.5 Å². The predicted octanol–water partition coefficient (Wildman–Crippen LogP) is 5.51. The summed E-state index contributed by atoms with van der Waals surface area (Å²) in [6.07, 6.45) is 7.36. The summed E-state index contributed by atoms with van der Waals surface area (Å²) in [5.41, 5.74) is 2.20. The average Bonchev–Trinajstić information content (AvgIpc) is 2.81. The lowest BCUT2D eigenvalue weighted by Gasteiger charge is -2.34. The van der Waals surface area contributed by atoms with Gasteiger partial charge >= 0.3 is 0 Å². The van der Waals surface area contributed by atoms with Crippen LogP contribution in [0, 0.1) is 5.82 Å². The first kappa shape index (κ1) is 24.7. The molecule has 0 aliphatic carbocycles. The van der Waals surface area contributed by atoms with E-state index in [-0.39, 0.29) is 11.7 Å². The third kappa shape index (κ3) is 7.29. The molecule has 1 aliphatic heterocycles. The Bertz CT molecular complexity index is 853. The maximum absolute atomic E-state index is 13.2. The van der Waals surface area contributed by atoms with E-state index in [0.717, 1.165) is 30.6 Å². The molecule has 1 atom stereocenters. The smallest absolute Gasteiger partial charge is 0.251 e. The van der Waals surface area contributed by atoms with Crippen molar-refractivity contribution in [2.75, 3.05) is 32.7 Å². The molecule has 2 N–H and O–H groups in total. The van der Waals surface area contributed by atoms with Gasteiger partial charge in [0.25, 0.3) is 5.91 Å². The van der Waals surface area contributed by atoms with Gasteiger partial charge in [-0.05, 0) is 94.2 Å². The van der Waals surface area contributed by atoms with Crippen molar-refractivity contribution in [1.82, 2.24) is 15.5 Å². The molecule has 1 amide bonds. The number of benzene rings is 2. The van der Waals surface area contributed by atoms with Gasteiger partial charge in [0.1, 0.15) is 5.82 Å².